The Morgan fingerprint density at radius 3 is 3.00 bits per heavy atom. The Balaban J connectivity index is 2.81. The van der Waals surface area contributed by atoms with Crippen molar-refractivity contribution in [3.8, 4) is 0 Å². The Kier molecular flexibility index (Phi) is 3.84. The lowest BCUT2D eigenvalue weighted by molar-refractivity contribution is 0.300. The van der Waals surface area contributed by atoms with Crippen LogP contribution in [0.15, 0.2) is 17.2 Å². The first-order valence-corrected chi connectivity index (χ1v) is 5.08. The van der Waals surface area contributed by atoms with Gasteiger partial charge in [0.1, 0.15) is 10.2 Å². The average Bonchev–Trinajstić information content (AvgIpc) is 2.11. The van der Waals surface area contributed by atoms with E-state index in [-0.39, 0.29) is 11.9 Å². The van der Waals surface area contributed by atoms with Crippen LogP contribution >= 0.6 is 23.4 Å². The maximum Gasteiger partial charge on any atom is 0.130 e. The maximum atomic E-state index is 8.83. The van der Waals surface area contributed by atoms with Gasteiger partial charge in [-0.1, -0.05) is 30.3 Å². The topological polar surface area (TPSA) is 59.1 Å². The number of aliphatic hydroxyl groups excluding tert-OH is 1. The number of aromatic nitrogens is 1. The van der Waals surface area contributed by atoms with Gasteiger partial charge in [0.05, 0.1) is 12.3 Å². The standard InChI is InChI=1S/C8H11ClN2OS/c1-5(4-12)13-8-6(10)2-3-7(9)11-8/h2-3,5,12H,4,10H2,1H3. The number of nitrogen functional groups attached to an aromatic ring is 1. The first-order chi connectivity index (χ1) is 6.13. The van der Waals surface area contributed by atoms with Crippen LogP contribution in [0, 0.1) is 0 Å². The number of thioether (sulfide) groups is 1. The van der Waals surface area contributed by atoms with Crippen molar-refractivity contribution in [2.45, 2.75) is 17.2 Å². The van der Waals surface area contributed by atoms with Crippen molar-refractivity contribution in [1.29, 1.82) is 0 Å². The summed E-state index contributed by atoms with van der Waals surface area (Å²) in [6.45, 7) is 1.99. The molecule has 5 heteroatoms. The molecule has 3 N–H and O–H groups in total. The molecule has 0 aliphatic heterocycles. The molecular weight excluding hydrogens is 208 g/mol. The molecule has 1 aromatic heterocycles. The summed E-state index contributed by atoms with van der Waals surface area (Å²) >= 11 is 7.11. The first-order valence-electron chi connectivity index (χ1n) is 3.83. The van der Waals surface area contributed by atoms with E-state index in [1.165, 1.54) is 11.8 Å². The molecule has 0 amide bonds. The molecule has 0 fully saturated rings. The molecule has 1 unspecified atom stereocenters. The van der Waals surface area contributed by atoms with E-state index in [0.29, 0.717) is 15.9 Å². The molecule has 0 spiro atoms. The van der Waals surface area contributed by atoms with Gasteiger partial charge < -0.3 is 10.8 Å². The molecule has 0 bridgehead atoms. The predicted octanol–water partition coefficient (Wildman–Crippen LogP) is 1.79. The van der Waals surface area contributed by atoms with Crippen molar-refractivity contribution >= 4 is 29.1 Å². The van der Waals surface area contributed by atoms with Gasteiger partial charge in [-0.3, -0.25) is 0 Å². The zero-order valence-electron chi connectivity index (χ0n) is 7.20. The molecule has 0 saturated carbocycles. The zero-order chi connectivity index (χ0) is 9.84. The van der Waals surface area contributed by atoms with Crippen LogP contribution in [0.1, 0.15) is 6.92 Å². The second-order valence-electron chi connectivity index (χ2n) is 2.64. The van der Waals surface area contributed by atoms with Crippen LogP contribution in [0.2, 0.25) is 5.15 Å². The van der Waals surface area contributed by atoms with Gasteiger partial charge in [-0.15, -0.1) is 0 Å². The molecule has 1 atom stereocenters. The second kappa shape index (κ2) is 4.69. The van der Waals surface area contributed by atoms with E-state index in [0.717, 1.165) is 0 Å². The van der Waals surface area contributed by atoms with E-state index < -0.39 is 0 Å². The van der Waals surface area contributed by atoms with Crippen LogP contribution < -0.4 is 5.73 Å². The summed E-state index contributed by atoms with van der Waals surface area (Å²) in [6.07, 6.45) is 0. The molecule has 1 aromatic rings. The third kappa shape index (κ3) is 3.06. The minimum absolute atomic E-state index is 0.0771. The summed E-state index contributed by atoms with van der Waals surface area (Å²) in [4.78, 5) is 4.05. The summed E-state index contributed by atoms with van der Waals surface area (Å²) in [5, 5.41) is 10.0. The number of anilines is 1. The molecule has 0 saturated heterocycles. The van der Waals surface area contributed by atoms with Gasteiger partial charge in [-0.05, 0) is 12.1 Å². The SMILES string of the molecule is CC(CO)Sc1nc(Cl)ccc1N. The highest BCUT2D eigenvalue weighted by atomic mass is 35.5. The highest BCUT2D eigenvalue weighted by molar-refractivity contribution is 8.00. The molecule has 1 rings (SSSR count). The lowest BCUT2D eigenvalue weighted by Crippen LogP contribution is -2.03. The van der Waals surface area contributed by atoms with E-state index in [1.54, 1.807) is 12.1 Å². The molecule has 0 radical (unpaired) electrons. The fourth-order valence-corrected chi connectivity index (χ4v) is 1.76. The Morgan fingerprint density at radius 1 is 1.69 bits per heavy atom. The number of hydrogen-bond donors (Lipinski definition) is 2. The van der Waals surface area contributed by atoms with Crippen LogP contribution in [0.3, 0.4) is 0 Å². The first kappa shape index (κ1) is 10.6. The van der Waals surface area contributed by atoms with E-state index >= 15 is 0 Å². The third-order valence-electron chi connectivity index (χ3n) is 1.43. The van der Waals surface area contributed by atoms with Gasteiger partial charge in [-0.2, -0.15) is 0 Å². The van der Waals surface area contributed by atoms with Crippen LogP contribution in [-0.2, 0) is 0 Å². The average molecular weight is 219 g/mol. The molecule has 0 aliphatic rings. The van der Waals surface area contributed by atoms with Crippen molar-refractivity contribution < 1.29 is 5.11 Å². The van der Waals surface area contributed by atoms with Gasteiger partial charge in [0.2, 0.25) is 0 Å². The molecule has 72 valence electrons. The number of nitrogens with two attached hydrogens (primary N) is 1. The summed E-state index contributed by atoms with van der Waals surface area (Å²) in [5.74, 6) is 0. The summed E-state index contributed by atoms with van der Waals surface area (Å²) < 4.78 is 0. The van der Waals surface area contributed by atoms with Gasteiger partial charge in [0.15, 0.2) is 0 Å². The third-order valence-corrected chi connectivity index (χ3v) is 2.74. The Labute approximate surface area is 86.3 Å². The Hall–Kier alpha value is -0.450. The van der Waals surface area contributed by atoms with E-state index in [4.69, 9.17) is 22.4 Å². The summed E-state index contributed by atoms with van der Waals surface area (Å²) in [7, 11) is 0. The quantitative estimate of drug-likeness (QED) is 0.600. The molecule has 0 aromatic carbocycles. The van der Waals surface area contributed by atoms with Crippen LogP contribution in [-0.4, -0.2) is 21.9 Å². The maximum absolute atomic E-state index is 8.83. The van der Waals surface area contributed by atoms with Gasteiger partial charge in [0, 0.05) is 5.25 Å². The molecular formula is C8H11ClN2OS. The van der Waals surface area contributed by atoms with Crippen molar-refractivity contribution in [3.05, 3.63) is 17.3 Å². The Morgan fingerprint density at radius 2 is 2.38 bits per heavy atom. The minimum Gasteiger partial charge on any atom is -0.397 e. The van der Waals surface area contributed by atoms with Gasteiger partial charge in [-0.25, -0.2) is 4.98 Å². The van der Waals surface area contributed by atoms with Crippen LogP contribution in [0.4, 0.5) is 5.69 Å². The molecule has 0 aliphatic carbocycles. The number of hydrogen-bond acceptors (Lipinski definition) is 4. The predicted molar refractivity (Wildman–Crippen MR) is 56.1 cm³/mol. The number of nitrogens with zero attached hydrogens (tertiary/aromatic N) is 1. The fourth-order valence-electron chi connectivity index (χ4n) is 0.751. The van der Waals surface area contributed by atoms with Gasteiger partial charge in [0.25, 0.3) is 0 Å². The second-order valence-corrected chi connectivity index (χ2v) is 4.45. The van der Waals surface area contributed by atoms with E-state index in [2.05, 4.69) is 4.98 Å². The zero-order valence-corrected chi connectivity index (χ0v) is 8.77. The van der Waals surface area contributed by atoms with Crippen molar-refractivity contribution in [2.75, 3.05) is 12.3 Å². The Bertz CT molecular complexity index is 295. The lowest BCUT2D eigenvalue weighted by Gasteiger charge is -2.08. The molecule has 1 heterocycles. The van der Waals surface area contributed by atoms with Crippen molar-refractivity contribution in [1.82, 2.24) is 4.98 Å². The van der Waals surface area contributed by atoms with Gasteiger partial charge >= 0.3 is 0 Å². The summed E-state index contributed by atoms with van der Waals surface area (Å²) in [5.41, 5.74) is 6.26. The van der Waals surface area contributed by atoms with Crippen LogP contribution in [0.5, 0.6) is 0 Å². The highest BCUT2D eigenvalue weighted by Crippen LogP contribution is 2.27. The lowest BCUT2D eigenvalue weighted by atomic mass is 10.4. The normalized spacial score (nSPS) is 12.8. The summed E-state index contributed by atoms with van der Waals surface area (Å²) in [6, 6.07) is 3.35. The van der Waals surface area contributed by atoms with E-state index in [9.17, 15) is 0 Å². The highest BCUT2D eigenvalue weighted by Gasteiger charge is 2.07. The largest absolute Gasteiger partial charge is 0.397 e. The molecule has 13 heavy (non-hydrogen) atoms. The van der Waals surface area contributed by atoms with Crippen molar-refractivity contribution in [3.63, 3.8) is 0 Å². The minimum atomic E-state index is 0.0771. The monoisotopic (exact) mass is 218 g/mol. The van der Waals surface area contributed by atoms with Crippen LogP contribution in [0.25, 0.3) is 0 Å². The number of aliphatic hydroxyl groups is 1. The number of pyridine rings is 1. The van der Waals surface area contributed by atoms with E-state index in [1.807, 2.05) is 6.92 Å². The number of halogens is 1. The number of rotatable bonds is 3. The smallest absolute Gasteiger partial charge is 0.130 e. The molecule has 3 nitrogen and oxygen atoms in total. The fraction of sp³-hybridized carbons (Fsp3) is 0.375. The van der Waals surface area contributed by atoms with Crippen molar-refractivity contribution in [2.24, 2.45) is 0 Å².